The minimum absolute atomic E-state index is 0.195. The number of nitrogens with zero attached hydrogens (tertiary/aromatic N) is 1. The number of rotatable bonds is 18. The lowest BCUT2D eigenvalue weighted by Gasteiger charge is -2.26. The van der Waals surface area contributed by atoms with Crippen LogP contribution < -0.4 is 4.74 Å². The summed E-state index contributed by atoms with van der Waals surface area (Å²) in [5.74, 6) is -0.404. The first-order valence-electron chi connectivity index (χ1n) is 13.4. The van der Waals surface area contributed by atoms with E-state index in [-0.39, 0.29) is 11.4 Å². The quantitative estimate of drug-likeness (QED) is 0.226. The van der Waals surface area contributed by atoms with E-state index in [0.29, 0.717) is 12.3 Å². The summed E-state index contributed by atoms with van der Waals surface area (Å²) in [5, 5.41) is 10.4. The Morgan fingerprint density at radius 2 is 1.32 bits per heavy atom. The molecule has 1 amide bonds. The maximum absolute atomic E-state index is 12.7. The molecule has 5 nitrogen and oxygen atoms in total. The zero-order chi connectivity index (χ0) is 24.8. The van der Waals surface area contributed by atoms with Crippen molar-refractivity contribution in [3.05, 3.63) is 41.2 Å². The van der Waals surface area contributed by atoms with Crippen LogP contribution in [0.2, 0.25) is 0 Å². The summed E-state index contributed by atoms with van der Waals surface area (Å²) < 4.78 is 5.22. The molecule has 1 N–H and O–H groups in total. The van der Waals surface area contributed by atoms with Crippen LogP contribution in [0.1, 0.15) is 115 Å². The Morgan fingerprint density at radius 1 is 0.853 bits per heavy atom. The number of carbonyl (C=O) groups excluding carboxylic acids is 2. The van der Waals surface area contributed by atoms with Crippen LogP contribution in [0.25, 0.3) is 0 Å². The van der Waals surface area contributed by atoms with E-state index in [1.165, 1.54) is 77.6 Å². The fourth-order valence-electron chi connectivity index (χ4n) is 4.85. The van der Waals surface area contributed by atoms with Crippen LogP contribution >= 0.6 is 0 Å². The predicted molar refractivity (Wildman–Crippen MR) is 138 cm³/mol. The third-order valence-corrected chi connectivity index (χ3v) is 6.87. The van der Waals surface area contributed by atoms with Gasteiger partial charge in [-0.1, -0.05) is 103 Å². The highest BCUT2D eigenvalue weighted by Crippen LogP contribution is 2.38. The maximum Gasteiger partial charge on any atom is 0.290 e. The van der Waals surface area contributed by atoms with Crippen molar-refractivity contribution in [1.29, 1.82) is 0 Å². The second kappa shape index (κ2) is 15.6. The highest BCUT2D eigenvalue weighted by Gasteiger charge is 2.41. The van der Waals surface area contributed by atoms with Gasteiger partial charge in [0.05, 0.1) is 18.7 Å². The molecular formula is C29H45NO4. The number of amides is 1. The zero-order valence-electron chi connectivity index (χ0n) is 21.6. The van der Waals surface area contributed by atoms with Gasteiger partial charge in [-0.3, -0.25) is 9.59 Å². The third-order valence-electron chi connectivity index (χ3n) is 6.87. The highest BCUT2D eigenvalue weighted by atomic mass is 16.5. The number of carbonyl (C=O) groups is 2. The van der Waals surface area contributed by atoms with Crippen molar-refractivity contribution in [2.24, 2.45) is 0 Å². The Kier molecular flexibility index (Phi) is 12.8. The van der Waals surface area contributed by atoms with Gasteiger partial charge < -0.3 is 14.7 Å². The molecule has 0 bridgehead atoms. The molecule has 190 valence electrons. The molecule has 5 heteroatoms. The Hall–Kier alpha value is -2.30. The molecule has 0 saturated heterocycles. The summed E-state index contributed by atoms with van der Waals surface area (Å²) >= 11 is 0. The van der Waals surface area contributed by atoms with E-state index in [1.54, 1.807) is 12.0 Å². The fraction of sp³-hybridized carbons (Fsp3) is 0.655. The number of benzene rings is 1. The summed E-state index contributed by atoms with van der Waals surface area (Å²) in [6, 6.07) is 6.82. The van der Waals surface area contributed by atoms with Gasteiger partial charge >= 0.3 is 0 Å². The SMILES string of the molecule is CCCCCCCCCCCCCCCCN1C(=O)C(O)=C(C(C)=O)C1c1ccc(OC)cc1. The predicted octanol–water partition coefficient (Wildman–Crippen LogP) is 7.46. The third kappa shape index (κ3) is 8.48. The van der Waals surface area contributed by atoms with Crippen LogP contribution in [0.4, 0.5) is 0 Å². The Balaban J connectivity index is 1.70. The number of aliphatic hydroxyl groups excluding tert-OH is 1. The molecular weight excluding hydrogens is 426 g/mol. The molecule has 34 heavy (non-hydrogen) atoms. The summed E-state index contributed by atoms with van der Waals surface area (Å²) in [4.78, 5) is 26.6. The van der Waals surface area contributed by atoms with Crippen LogP contribution in [0.5, 0.6) is 5.75 Å². The smallest absolute Gasteiger partial charge is 0.290 e. The van der Waals surface area contributed by atoms with Crippen LogP contribution in [-0.2, 0) is 9.59 Å². The summed E-state index contributed by atoms with van der Waals surface area (Å²) in [6.45, 7) is 4.21. The van der Waals surface area contributed by atoms with Gasteiger partial charge in [-0.15, -0.1) is 0 Å². The highest BCUT2D eigenvalue weighted by molar-refractivity contribution is 6.08. The van der Waals surface area contributed by atoms with Crippen molar-refractivity contribution in [2.45, 2.75) is 110 Å². The van der Waals surface area contributed by atoms with E-state index in [0.717, 1.165) is 24.8 Å². The van der Waals surface area contributed by atoms with Crippen molar-refractivity contribution in [1.82, 2.24) is 4.90 Å². The standard InChI is InChI=1S/C29H45NO4/c1-4-5-6-7-8-9-10-11-12-13-14-15-16-17-22-30-27(24-18-20-25(34-3)21-19-24)26(23(2)31)28(32)29(30)33/h18-21,27,32H,4-17,22H2,1-3H3. The summed E-state index contributed by atoms with van der Waals surface area (Å²) in [6.07, 6.45) is 17.9. The minimum atomic E-state index is -0.530. The monoisotopic (exact) mass is 471 g/mol. The van der Waals surface area contributed by atoms with Crippen molar-refractivity contribution < 1.29 is 19.4 Å². The number of Topliss-reactive ketones (excluding diaryl/α,β-unsaturated/α-hetero) is 1. The number of hydrogen-bond donors (Lipinski definition) is 1. The number of methoxy groups -OCH3 is 1. The lowest BCUT2D eigenvalue weighted by Crippen LogP contribution is -2.32. The van der Waals surface area contributed by atoms with E-state index in [2.05, 4.69) is 6.92 Å². The van der Waals surface area contributed by atoms with Crippen molar-refractivity contribution in [3.63, 3.8) is 0 Å². The zero-order valence-corrected chi connectivity index (χ0v) is 21.6. The van der Waals surface area contributed by atoms with E-state index in [9.17, 15) is 14.7 Å². The first kappa shape index (κ1) is 27.9. The average Bonchev–Trinajstić information content (AvgIpc) is 3.09. The van der Waals surface area contributed by atoms with Gasteiger partial charge in [-0.2, -0.15) is 0 Å². The largest absolute Gasteiger partial charge is 0.503 e. The second-order valence-corrected chi connectivity index (χ2v) is 9.59. The molecule has 0 radical (unpaired) electrons. The maximum atomic E-state index is 12.7. The number of ether oxygens (including phenoxy) is 1. The Bertz CT molecular complexity index is 784. The molecule has 0 spiro atoms. The Labute approximate surface area is 206 Å². The van der Waals surface area contributed by atoms with Crippen molar-refractivity contribution >= 4 is 11.7 Å². The second-order valence-electron chi connectivity index (χ2n) is 9.59. The number of aliphatic hydroxyl groups is 1. The number of hydrogen-bond acceptors (Lipinski definition) is 4. The van der Waals surface area contributed by atoms with Crippen LogP contribution in [0.15, 0.2) is 35.6 Å². The van der Waals surface area contributed by atoms with Gasteiger partial charge in [-0.05, 0) is 31.0 Å². The van der Waals surface area contributed by atoms with Crippen LogP contribution in [0.3, 0.4) is 0 Å². The van der Waals surface area contributed by atoms with Crippen LogP contribution in [-0.4, -0.2) is 35.4 Å². The lowest BCUT2D eigenvalue weighted by molar-refractivity contribution is -0.129. The molecule has 1 aliphatic heterocycles. The average molecular weight is 472 g/mol. The van der Waals surface area contributed by atoms with Crippen molar-refractivity contribution in [3.8, 4) is 5.75 Å². The first-order valence-corrected chi connectivity index (χ1v) is 13.4. The summed E-state index contributed by atoms with van der Waals surface area (Å²) in [7, 11) is 1.60. The number of ketones is 1. The first-order chi connectivity index (χ1) is 16.5. The normalized spacial score (nSPS) is 15.9. The molecule has 1 aromatic rings. The molecule has 1 heterocycles. The molecule has 2 rings (SSSR count). The van der Waals surface area contributed by atoms with Gasteiger partial charge in [0.15, 0.2) is 11.5 Å². The van der Waals surface area contributed by atoms with Gasteiger partial charge in [0.2, 0.25) is 0 Å². The molecule has 1 atom stereocenters. The fourth-order valence-corrected chi connectivity index (χ4v) is 4.85. The molecule has 1 unspecified atom stereocenters. The molecule has 0 saturated carbocycles. The van der Waals surface area contributed by atoms with E-state index >= 15 is 0 Å². The minimum Gasteiger partial charge on any atom is -0.503 e. The summed E-state index contributed by atoms with van der Waals surface area (Å²) in [5.41, 5.74) is 1.01. The van der Waals surface area contributed by atoms with Gasteiger partial charge in [-0.25, -0.2) is 0 Å². The molecule has 0 aliphatic carbocycles. The van der Waals surface area contributed by atoms with E-state index < -0.39 is 17.7 Å². The lowest BCUT2D eigenvalue weighted by atomic mass is 9.96. The van der Waals surface area contributed by atoms with E-state index in [1.807, 2.05) is 24.3 Å². The Morgan fingerprint density at radius 3 is 1.76 bits per heavy atom. The van der Waals surface area contributed by atoms with E-state index in [4.69, 9.17) is 4.74 Å². The molecule has 1 aliphatic rings. The van der Waals surface area contributed by atoms with Crippen LogP contribution in [0, 0.1) is 0 Å². The number of unbranched alkanes of at least 4 members (excludes halogenated alkanes) is 13. The molecule has 0 aromatic heterocycles. The topological polar surface area (TPSA) is 66.8 Å². The van der Waals surface area contributed by atoms with Gasteiger partial charge in [0.25, 0.3) is 5.91 Å². The van der Waals surface area contributed by atoms with Gasteiger partial charge in [0.1, 0.15) is 5.75 Å². The van der Waals surface area contributed by atoms with Gasteiger partial charge in [0, 0.05) is 6.54 Å². The molecule has 1 aromatic carbocycles. The molecule has 0 fully saturated rings. The van der Waals surface area contributed by atoms with Crippen molar-refractivity contribution in [2.75, 3.05) is 13.7 Å².